The molecule has 1 heterocycles. The molecule has 1 aliphatic heterocycles. The van der Waals surface area contributed by atoms with Gasteiger partial charge in [-0.15, -0.1) is 24.2 Å². The quantitative estimate of drug-likeness (QED) is 0.807. The first-order chi connectivity index (χ1) is 6.16. The molecule has 0 aromatic carbocycles. The van der Waals surface area contributed by atoms with Crippen LogP contribution in [0.4, 0.5) is 0 Å². The average Bonchev–Trinajstić information content (AvgIpc) is 2.67. The fraction of sp³-hybridized carbons (Fsp3) is 0.889. The lowest BCUT2D eigenvalue weighted by Crippen LogP contribution is -2.45. The molecule has 84 valence electrons. The van der Waals surface area contributed by atoms with Gasteiger partial charge in [-0.05, 0) is 5.92 Å². The molecule has 0 spiro atoms. The zero-order valence-electron chi connectivity index (χ0n) is 8.73. The van der Waals surface area contributed by atoms with Crippen LogP contribution in [-0.4, -0.2) is 35.0 Å². The van der Waals surface area contributed by atoms with Gasteiger partial charge in [0.25, 0.3) is 0 Å². The molecular formula is C9H19ClN2OS. The minimum absolute atomic E-state index is 0. The van der Waals surface area contributed by atoms with Crippen molar-refractivity contribution < 1.29 is 4.79 Å². The molecule has 1 aliphatic rings. The van der Waals surface area contributed by atoms with Gasteiger partial charge in [0.15, 0.2) is 0 Å². The molecule has 0 aromatic heterocycles. The molecule has 1 rings (SSSR count). The molecule has 2 N–H and O–H groups in total. The highest BCUT2D eigenvalue weighted by Crippen LogP contribution is 2.16. The third-order valence-corrected chi connectivity index (χ3v) is 3.57. The van der Waals surface area contributed by atoms with Crippen molar-refractivity contribution in [3.8, 4) is 0 Å². The largest absolute Gasteiger partial charge is 0.331 e. The maximum absolute atomic E-state index is 11.7. The fourth-order valence-corrected chi connectivity index (χ4v) is 2.25. The Kier molecular flexibility index (Phi) is 6.57. The number of amides is 1. The number of carbonyl (C=O) groups is 1. The van der Waals surface area contributed by atoms with Crippen molar-refractivity contribution in [1.82, 2.24) is 4.90 Å². The number of hydrogen-bond acceptors (Lipinski definition) is 3. The Morgan fingerprint density at radius 2 is 2.29 bits per heavy atom. The topological polar surface area (TPSA) is 46.3 Å². The van der Waals surface area contributed by atoms with E-state index in [0.717, 1.165) is 24.6 Å². The molecular weight excluding hydrogens is 220 g/mol. The standard InChI is InChI=1S/C9H18N2OS.ClH/c1-3-7(2)8(10)9(12)11-4-5-13-6-11;/h7-8H,3-6,10H2,1-2H3;1H. The van der Waals surface area contributed by atoms with Crippen molar-refractivity contribution in [3.63, 3.8) is 0 Å². The summed E-state index contributed by atoms with van der Waals surface area (Å²) in [5.41, 5.74) is 5.85. The van der Waals surface area contributed by atoms with E-state index in [4.69, 9.17) is 5.73 Å². The van der Waals surface area contributed by atoms with Crippen LogP contribution in [0.3, 0.4) is 0 Å². The highest BCUT2D eigenvalue weighted by Gasteiger charge is 2.26. The molecule has 3 nitrogen and oxygen atoms in total. The van der Waals surface area contributed by atoms with Gasteiger partial charge in [-0.1, -0.05) is 20.3 Å². The summed E-state index contributed by atoms with van der Waals surface area (Å²) in [7, 11) is 0. The summed E-state index contributed by atoms with van der Waals surface area (Å²) in [4.78, 5) is 13.6. The number of thioether (sulfide) groups is 1. The normalized spacial score (nSPS) is 20.1. The Labute approximate surface area is 96.2 Å². The molecule has 14 heavy (non-hydrogen) atoms. The van der Waals surface area contributed by atoms with Gasteiger partial charge in [0, 0.05) is 12.3 Å². The van der Waals surface area contributed by atoms with Crippen LogP contribution in [0.2, 0.25) is 0 Å². The van der Waals surface area contributed by atoms with Crippen molar-refractivity contribution >= 4 is 30.1 Å². The molecule has 1 fully saturated rings. The van der Waals surface area contributed by atoms with E-state index in [1.54, 1.807) is 11.8 Å². The van der Waals surface area contributed by atoms with E-state index in [1.165, 1.54) is 0 Å². The number of nitrogens with two attached hydrogens (primary N) is 1. The molecule has 0 saturated carbocycles. The van der Waals surface area contributed by atoms with Crippen LogP contribution in [-0.2, 0) is 4.79 Å². The summed E-state index contributed by atoms with van der Waals surface area (Å²) >= 11 is 1.80. The summed E-state index contributed by atoms with van der Waals surface area (Å²) < 4.78 is 0. The molecule has 2 atom stereocenters. The van der Waals surface area contributed by atoms with E-state index < -0.39 is 0 Å². The maximum atomic E-state index is 11.7. The summed E-state index contributed by atoms with van der Waals surface area (Å²) in [5, 5.41) is 0. The Morgan fingerprint density at radius 1 is 1.64 bits per heavy atom. The van der Waals surface area contributed by atoms with Crippen LogP contribution in [0.1, 0.15) is 20.3 Å². The van der Waals surface area contributed by atoms with Gasteiger partial charge in [-0.3, -0.25) is 4.79 Å². The van der Waals surface area contributed by atoms with Crippen molar-refractivity contribution in [2.75, 3.05) is 18.2 Å². The molecule has 1 saturated heterocycles. The van der Waals surface area contributed by atoms with E-state index in [9.17, 15) is 4.79 Å². The van der Waals surface area contributed by atoms with Gasteiger partial charge >= 0.3 is 0 Å². The van der Waals surface area contributed by atoms with Crippen LogP contribution < -0.4 is 5.73 Å². The van der Waals surface area contributed by atoms with Gasteiger partial charge < -0.3 is 10.6 Å². The monoisotopic (exact) mass is 238 g/mol. The first-order valence-electron chi connectivity index (χ1n) is 4.79. The zero-order chi connectivity index (χ0) is 9.84. The summed E-state index contributed by atoms with van der Waals surface area (Å²) in [6.07, 6.45) is 0.966. The van der Waals surface area contributed by atoms with Crippen LogP contribution in [0.25, 0.3) is 0 Å². The molecule has 0 aliphatic carbocycles. The maximum Gasteiger partial charge on any atom is 0.240 e. The summed E-state index contributed by atoms with van der Waals surface area (Å²) in [6, 6.07) is -0.302. The lowest BCUT2D eigenvalue weighted by Gasteiger charge is -2.23. The zero-order valence-corrected chi connectivity index (χ0v) is 10.4. The molecule has 0 radical (unpaired) electrons. The van der Waals surface area contributed by atoms with E-state index in [0.29, 0.717) is 0 Å². The minimum atomic E-state index is -0.302. The Balaban J connectivity index is 0.00000169. The molecule has 1 amide bonds. The number of carbonyl (C=O) groups excluding carboxylic acids is 1. The van der Waals surface area contributed by atoms with Gasteiger partial charge in [-0.25, -0.2) is 0 Å². The number of hydrogen-bond donors (Lipinski definition) is 1. The van der Waals surface area contributed by atoms with E-state index in [-0.39, 0.29) is 30.3 Å². The van der Waals surface area contributed by atoms with Crippen molar-refractivity contribution in [2.24, 2.45) is 11.7 Å². The third-order valence-electron chi connectivity index (χ3n) is 2.61. The second kappa shape index (κ2) is 6.53. The van der Waals surface area contributed by atoms with Gasteiger partial charge in [0.2, 0.25) is 5.91 Å². The predicted octanol–water partition coefficient (Wildman–Crippen LogP) is 1.31. The predicted molar refractivity (Wildman–Crippen MR) is 63.7 cm³/mol. The van der Waals surface area contributed by atoms with E-state index >= 15 is 0 Å². The van der Waals surface area contributed by atoms with E-state index in [2.05, 4.69) is 6.92 Å². The molecule has 0 aromatic rings. The van der Waals surface area contributed by atoms with E-state index in [1.807, 2.05) is 11.8 Å². The Morgan fingerprint density at radius 3 is 2.71 bits per heavy atom. The highest BCUT2D eigenvalue weighted by atomic mass is 35.5. The van der Waals surface area contributed by atoms with Crippen LogP contribution in [0.15, 0.2) is 0 Å². The second-order valence-electron chi connectivity index (χ2n) is 3.55. The Bertz CT molecular complexity index is 186. The summed E-state index contributed by atoms with van der Waals surface area (Å²) in [5.74, 6) is 2.29. The van der Waals surface area contributed by atoms with Crippen LogP contribution in [0, 0.1) is 5.92 Å². The first-order valence-corrected chi connectivity index (χ1v) is 5.94. The smallest absolute Gasteiger partial charge is 0.240 e. The first kappa shape index (κ1) is 14.1. The molecule has 2 unspecified atom stereocenters. The van der Waals surface area contributed by atoms with Crippen LogP contribution in [0.5, 0.6) is 0 Å². The van der Waals surface area contributed by atoms with Crippen molar-refractivity contribution in [3.05, 3.63) is 0 Å². The fourth-order valence-electron chi connectivity index (χ4n) is 1.30. The number of rotatable bonds is 3. The molecule has 0 bridgehead atoms. The molecule has 5 heteroatoms. The van der Waals surface area contributed by atoms with Gasteiger partial charge in [-0.2, -0.15) is 0 Å². The van der Waals surface area contributed by atoms with Crippen LogP contribution >= 0.6 is 24.2 Å². The number of nitrogens with zero attached hydrogens (tertiary/aromatic N) is 1. The highest BCUT2D eigenvalue weighted by molar-refractivity contribution is 7.99. The SMILES string of the molecule is CCC(C)C(N)C(=O)N1CCSC1.Cl. The lowest BCUT2D eigenvalue weighted by atomic mass is 9.99. The number of halogens is 1. The lowest BCUT2D eigenvalue weighted by molar-refractivity contribution is -0.132. The van der Waals surface area contributed by atoms with Gasteiger partial charge in [0.05, 0.1) is 11.9 Å². The summed E-state index contributed by atoms with van der Waals surface area (Å²) in [6.45, 7) is 4.97. The average molecular weight is 239 g/mol. The third kappa shape index (κ3) is 3.33. The van der Waals surface area contributed by atoms with Gasteiger partial charge in [0.1, 0.15) is 0 Å². The second-order valence-corrected chi connectivity index (χ2v) is 4.63. The Hall–Kier alpha value is 0.0700. The van der Waals surface area contributed by atoms with Crippen molar-refractivity contribution in [2.45, 2.75) is 26.3 Å². The minimum Gasteiger partial charge on any atom is -0.331 e. The van der Waals surface area contributed by atoms with Crippen molar-refractivity contribution in [1.29, 1.82) is 0 Å².